The van der Waals surface area contributed by atoms with Crippen LogP contribution in [0.15, 0.2) is 50.7 Å². The topological polar surface area (TPSA) is 90.4 Å². The summed E-state index contributed by atoms with van der Waals surface area (Å²) in [5.74, 6) is 0.717. The number of hydrogen-bond donors (Lipinski definition) is 1. The highest BCUT2D eigenvalue weighted by Gasteiger charge is 2.14. The third-order valence-electron chi connectivity index (χ3n) is 3.19. The Labute approximate surface area is 150 Å². The third kappa shape index (κ3) is 4.60. The maximum atomic E-state index is 12.1. The monoisotopic (exact) mass is 381 g/mol. The van der Waals surface area contributed by atoms with Crippen LogP contribution in [0.25, 0.3) is 11.5 Å². The van der Waals surface area contributed by atoms with Gasteiger partial charge in [0.05, 0.1) is 17.6 Å². The first-order chi connectivity index (χ1) is 12.5. The molecule has 0 aliphatic rings. The van der Waals surface area contributed by atoms with E-state index in [-0.39, 0.29) is 22.6 Å². The number of furan rings is 1. The predicted octanol–water partition coefficient (Wildman–Crippen LogP) is 3.97. The van der Waals surface area contributed by atoms with E-state index in [4.69, 9.17) is 8.83 Å². The van der Waals surface area contributed by atoms with Gasteiger partial charge in [-0.3, -0.25) is 4.79 Å². The number of carbonyl (C=O) groups excluding carboxylic acids is 1. The van der Waals surface area contributed by atoms with E-state index in [1.54, 1.807) is 13.0 Å². The second-order valence-electron chi connectivity index (χ2n) is 5.00. The Morgan fingerprint density at radius 3 is 2.69 bits per heavy atom. The van der Waals surface area contributed by atoms with Gasteiger partial charge in [0.1, 0.15) is 11.5 Å². The Kier molecular flexibility index (Phi) is 5.52. The molecular formula is C16H13F2N3O4S. The van der Waals surface area contributed by atoms with E-state index in [1.165, 1.54) is 30.5 Å². The molecule has 2 aromatic heterocycles. The normalized spacial score (nSPS) is 10.9. The molecule has 7 nitrogen and oxygen atoms in total. The summed E-state index contributed by atoms with van der Waals surface area (Å²) in [5, 5.41) is 10.7. The number of nitrogens with zero attached hydrogens (tertiary/aromatic N) is 2. The minimum absolute atomic E-state index is 0.0142. The molecule has 0 atom stereocenters. The van der Waals surface area contributed by atoms with Gasteiger partial charge in [-0.25, -0.2) is 0 Å². The van der Waals surface area contributed by atoms with Gasteiger partial charge in [0, 0.05) is 5.69 Å². The van der Waals surface area contributed by atoms with Crippen LogP contribution >= 0.6 is 11.8 Å². The van der Waals surface area contributed by atoms with Crippen LogP contribution in [-0.2, 0) is 4.79 Å². The van der Waals surface area contributed by atoms with Crippen molar-refractivity contribution < 1.29 is 27.1 Å². The van der Waals surface area contributed by atoms with Crippen LogP contribution in [0, 0.1) is 6.92 Å². The van der Waals surface area contributed by atoms with Gasteiger partial charge in [0.15, 0.2) is 0 Å². The predicted molar refractivity (Wildman–Crippen MR) is 89.2 cm³/mol. The number of benzene rings is 1. The fourth-order valence-electron chi connectivity index (χ4n) is 2.03. The van der Waals surface area contributed by atoms with Crippen LogP contribution in [0.3, 0.4) is 0 Å². The number of ether oxygens (including phenoxy) is 1. The van der Waals surface area contributed by atoms with Crippen molar-refractivity contribution in [3.05, 3.63) is 42.4 Å². The van der Waals surface area contributed by atoms with Crippen molar-refractivity contribution in [1.29, 1.82) is 0 Å². The average Bonchev–Trinajstić information content (AvgIpc) is 3.23. The highest BCUT2D eigenvalue weighted by atomic mass is 32.2. The van der Waals surface area contributed by atoms with Gasteiger partial charge in [-0.2, -0.15) is 8.78 Å². The second kappa shape index (κ2) is 8.00. The summed E-state index contributed by atoms with van der Waals surface area (Å²) in [7, 11) is 0. The van der Waals surface area contributed by atoms with Crippen molar-refractivity contribution in [2.24, 2.45) is 0 Å². The molecule has 1 amide bonds. The summed E-state index contributed by atoms with van der Waals surface area (Å²) in [6.45, 7) is -1.12. The number of aromatic nitrogens is 2. The molecule has 0 radical (unpaired) electrons. The summed E-state index contributed by atoms with van der Waals surface area (Å²) in [6, 6.07) is 7.32. The Balaban J connectivity index is 1.51. The largest absolute Gasteiger partial charge is 0.469 e. The molecule has 136 valence electrons. The summed E-state index contributed by atoms with van der Waals surface area (Å²) in [4.78, 5) is 12.0. The number of nitrogens with one attached hydrogen (secondary N) is 1. The Morgan fingerprint density at radius 2 is 2.04 bits per heavy atom. The lowest BCUT2D eigenvalue weighted by Gasteiger charge is -2.06. The molecule has 2 heterocycles. The van der Waals surface area contributed by atoms with Gasteiger partial charge in [-0.1, -0.05) is 11.8 Å². The lowest BCUT2D eigenvalue weighted by molar-refractivity contribution is -0.113. The van der Waals surface area contributed by atoms with E-state index >= 15 is 0 Å². The standard InChI is InChI=1S/C16H13F2N3O4S/c1-9-12(6-7-23-9)14-20-21-16(25-14)26-8-13(22)19-10-2-4-11(5-3-10)24-15(17)18/h2-7,15H,8H2,1H3,(H,19,22). The van der Waals surface area contributed by atoms with Gasteiger partial charge >= 0.3 is 6.61 Å². The molecule has 26 heavy (non-hydrogen) atoms. The molecule has 0 spiro atoms. The van der Waals surface area contributed by atoms with Crippen molar-refractivity contribution in [3.63, 3.8) is 0 Å². The average molecular weight is 381 g/mol. The summed E-state index contributed by atoms with van der Waals surface area (Å²) in [5.41, 5.74) is 1.15. The van der Waals surface area contributed by atoms with Crippen LogP contribution in [0.2, 0.25) is 0 Å². The first-order valence-electron chi connectivity index (χ1n) is 7.37. The molecule has 0 bridgehead atoms. The molecule has 3 rings (SSSR count). The molecule has 0 saturated carbocycles. The van der Waals surface area contributed by atoms with E-state index in [1.807, 2.05) is 0 Å². The van der Waals surface area contributed by atoms with Crippen LogP contribution in [-0.4, -0.2) is 28.5 Å². The molecule has 0 aliphatic heterocycles. The maximum absolute atomic E-state index is 12.1. The number of aryl methyl sites for hydroxylation is 1. The Bertz CT molecular complexity index is 880. The van der Waals surface area contributed by atoms with E-state index < -0.39 is 6.61 Å². The van der Waals surface area contributed by atoms with E-state index in [0.29, 0.717) is 22.9 Å². The van der Waals surface area contributed by atoms with Crippen molar-refractivity contribution >= 4 is 23.4 Å². The molecule has 0 aliphatic carbocycles. The molecule has 0 saturated heterocycles. The third-order valence-corrected chi connectivity index (χ3v) is 4.00. The van der Waals surface area contributed by atoms with Crippen LogP contribution in [0.1, 0.15) is 5.76 Å². The Morgan fingerprint density at radius 1 is 1.27 bits per heavy atom. The fraction of sp³-hybridized carbons (Fsp3) is 0.188. The molecule has 0 fully saturated rings. The number of halogens is 2. The number of anilines is 1. The number of thioether (sulfide) groups is 1. The van der Waals surface area contributed by atoms with E-state index in [2.05, 4.69) is 20.3 Å². The van der Waals surface area contributed by atoms with Gasteiger partial charge in [-0.05, 0) is 37.3 Å². The number of carbonyl (C=O) groups is 1. The van der Waals surface area contributed by atoms with Crippen molar-refractivity contribution in [2.45, 2.75) is 18.8 Å². The lowest BCUT2D eigenvalue weighted by atomic mass is 10.3. The molecular weight excluding hydrogens is 368 g/mol. The quantitative estimate of drug-likeness (QED) is 0.619. The molecule has 1 aromatic carbocycles. The Hall–Kier alpha value is -2.88. The van der Waals surface area contributed by atoms with Gasteiger partial charge in [0.25, 0.3) is 11.1 Å². The minimum atomic E-state index is -2.89. The van der Waals surface area contributed by atoms with Crippen LogP contribution < -0.4 is 10.1 Å². The highest BCUT2D eigenvalue weighted by Crippen LogP contribution is 2.26. The fourth-order valence-corrected chi connectivity index (χ4v) is 2.59. The van der Waals surface area contributed by atoms with Gasteiger partial charge in [-0.15, -0.1) is 10.2 Å². The first-order valence-corrected chi connectivity index (χ1v) is 8.35. The summed E-state index contributed by atoms with van der Waals surface area (Å²) in [6.07, 6.45) is 1.52. The number of rotatable bonds is 7. The zero-order valence-electron chi connectivity index (χ0n) is 13.4. The van der Waals surface area contributed by atoms with E-state index in [9.17, 15) is 13.6 Å². The summed E-state index contributed by atoms with van der Waals surface area (Å²) < 4.78 is 39.1. The molecule has 1 N–H and O–H groups in total. The van der Waals surface area contributed by atoms with Gasteiger partial charge < -0.3 is 18.9 Å². The molecule has 3 aromatic rings. The number of hydrogen-bond acceptors (Lipinski definition) is 7. The highest BCUT2D eigenvalue weighted by molar-refractivity contribution is 7.99. The second-order valence-corrected chi connectivity index (χ2v) is 5.93. The number of amides is 1. The van der Waals surface area contributed by atoms with E-state index in [0.717, 1.165) is 11.8 Å². The lowest BCUT2D eigenvalue weighted by Crippen LogP contribution is -2.14. The zero-order chi connectivity index (χ0) is 18.5. The first kappa shape index (κ1) is 17.9. The van der Waals surface area contributed by atoms with Gasteiger partial charge in [0.2, 0.25) is 5.91 Å². The molecule has 0 unspecified atom stereocenters. The van der Waals surface area contributed by atoms with Crippen LogP contribution in [0.4, 0.5) is 14.5 Å². The van der Waals surface area contributed by atoms with Crippen molar-refractivity contribution in [2.75, 3.05) is 11.1 Å². The van der Waals surface area contributed by atoms with Crippen molar-refractivity contribution in [3.8, 4) is 17.2 Å². The van der Waals surface area contributed by atoms with Crippen molar-refractivity contribution in [1.82, 2.24) is 10.2 Å². The minimum Gasteiger partial charge on any atom is -0.469 e. The maximum Gasteiger partial charge on any atom is 0.387 e. The summed E-state index contributed by atoms with van der Waals surface area (Å²) >= 11 is 1.08. The smallest absolute Gasteiger partial charge is 0.387 e. The van der Waals surface area contributed by atoms with Crippen LogP contribution in [0.5, 0.6) is 5.75 Å². The number of alkyl halides is 2. The zero-order valence-corrected chi connectivity index (χ0v) is 14.3. The molecule has 10 heteroatoms. The SMILES string of the molecule is Cc1occc1-c1nnc(SCC(=O)Nc2ccc(OC(F)F)cc2)o1.